The standard InChI is InChI=1S/C10H18N4O/c1-6(5-11)14(4)10(15)9-7(2)12-13-8(9)3/h6H,5,11H2,1-4H3,(H,12,13). The maximum absolute atomic E-state index is 12.1. The molecule has 3 N–H and O–H groups in total. The zero-order valence-corrected chi connectivity index (χ0v) is 9.66. The first-order valence-electron chi connectivity index (χ1n) is 4.97. The molecular formula is C10H18N4O. The van der Waals surface area contributed by atoms with Crippen LogP contribution in [0.4, 0.5) is 0 Å². The molecule has 0 spiro atoms. The fourth-order valence-corrected chi connectivity index (χ4v) is 1.40. The van der Waals surface area contributed by atoms with Crippen molar-refractivity contribution in [2.45, 2.75) is 26.8 Å². The smallest absolute Gasteiger partial charge is 0.257 e. The van der Waals surface area contributed by atoms with Gasteiger partial charge in [-0.2, -0.15) is 5.10 Å². The van der Waals surface area contributed by atoms with Gasteiger partial charge < -0.3 is 10.6 Å². The van der Waals surface area contributed by atoms with E-state index in [1.807, 2.05) is 20.8 Å². The second-order valence-electron chi connectivity index (χ2n) is 3.81. The molecule has 0 bridgehead atoms. The minimum absolute atomic E-state index is 0.0308. The summed E-state index contributed by atoms with van der Waals surface area (Å²) in [4.78, 5) is 13.7. The number of hydrogen-bond acceptors (Lipinski definition) is 3. The molecule has 0 saturated heterocycles. The van der Waals surface area contributed by atoms with Gasteiger partial charge in [0, 0.05) is 25.3 Å². The number of likely N-dealkylation sites (N-methyl/N-ethyl adjacent to an activating group) is 1. The van der Waals surface area contributed by atoms with Crippen molar-refractivity contribution in [3.8, 4) is 0 Å². The van der Waals surface area contributed by atoms with Crippen molar-refractivity contribution < 1.29 is 4.79 Å². The number of nitrogens with zero attached hydrogens (tertiary/aromatic N) is 2. The van der Waals surface area contributed by atoms with Gasteiger partial charge in [0.05, 0.1) is 11.3 Å². The molecule has 5 heteroatoms. The lowest BCUT2D eigenvalue weighted by Crippen LogP contribution is -2.40. The van der Waals surface area contributed by atoms with Crippen LogP contribution in [0.25, 0.3) is 0 Å². The van der Waals surface area contributed by atoms with E-state index in [-0.39, 0.29) is 11.9 Å². The summed E-state index contributed by atoms with van der Waals surface area (Å²) in [6.07, 6.45) is 0. The number of nitrogens with one attached hydrogen (secondary N) is 1. The molecule has 0 saturated carbocycles. The first-order chi connectivity index (χ1) is 6.99. The Labute approximate surface area is 89.6 Å². The van der Waals surface area contributed by atoms with Crippen LogP contribution in [0.5, 0.6) is 0 Å². The van der Waals surface area contributed by atoms with E-state index in [1.165, 1.54) is 0 Å². The van der Waals surface area contributed by atoms with Gasteiger partial charge in [-0.1, -0.05) is 0 Å². The number of carbonyl (C=O) groups is 1. The third-order valence-corrected chi connectivity index (χ3v) is 2.66. The number of aromatic amines is 1. The summed E-state index contributed by atoms with van der Waals surface area (Å²) in [6.45, 7) is 6.03. The van der Waals surface area contributed by atoms with Crippen LogP contribution in [-0.4, -0.2) is 40.6 Å². The summed E-state index contributed by atoms with van der Waals surface area (Å²) in [5.41, 5.74) is 7.70. The van der Waals surface area contributed by atoms with Gasteiger partial charge in [-0.25, -0.2) is 0 Å². The van der Waals surface area contributed by atoms with E-state index in [0.717, 1.165) is 11.4 Å². The Morgan fingerprint density at radius 1 is 1.60 bits per heavy atom. The number of carbonyl (C=O) groups excluding carboxylic acids is 1. The predicted molar refractivity (Wildman–Crippen MR) is 58.7 cm³/mol. The zero-order chi connectivity index (χ0) is 11.6. The Balaban J connectivity index is 2.94. The topological polar surface area (TPSA) is 75.0 Å². The normalized spacial score (nSPS) is 12.6. The zero-order valence-electron chi connectivity index (χ0n) is 9.66. The van der Waals surface area contributed by atoms with Crippen LogP contribution < -0.4 is 5.73 Å². The van der Waals surface area contributed by atoms with Crippen molar-refractivity contribution in [3.63, 3.8) is 0 Å². The highest BCUT2D eigenvalue weighted by Crippen LogP contribution is 2.13. The minimum atomic E-state index is -0.0308. The molecule has 0 aliphatic rings. The number of nitrogens with two attached hydrogens (primary N) is 1. The maximum atomic E-state index is 12.1. The van der Waals surface area contributed by atoms with Crippen molar-refractivity contribution in [3.05, 3.63) is 17.0 Å². The summed E-state index contributed by atoms with van der Waals surface area (Å²) in [5.74, 6) is -0.0308. The minimum Gasteiger partial charge on any atom is -0.338 e. The molecule has 0 aliphatic heterocycles. The van der Waals surface area contributed by atoms with Crippen molar-refractivity contribution in [2.75, 3.05) is 13.6 Å². The highest BCUT2D eigenvalue weighted by molar-refractivity contribution is 5.96. The quantitative estimate of drug-likeness (QED) is 0.760. The van der Waals surface area contributed by atoms with E-state index < -0.39 is 0 Å². The molecule has 1 heterocycles. The van der Waals surface area contributed by atoms with E-state index >= 15 is 0 Å². The van der Waals surface area contributed by atoms with E-state index in [1.54, 1.807) is 11.9 Å². The molecule has 1 atom stereocenters. The highest BCUT2D eigenvalue weighted by Gasteiger charge is 2.21. The molecule has 1 aromatic heterocycles. The van der Waals surface area contributed by atoms with Crippen molar-refractivity contribution in [1.29, 1.82) is 0 Å². The lowest BCUT2D eigenvalue weighted by molar-refractivity contribution is 0.0747. The second kappa shape index (κ2) is 4.44. The number of amides is 1. The van der Waals surface area contributed by atoms with Gasteiger partial charge in [0.2, 0.25) is 0 Å². The number of hydrogen-bond donors (Lipinski definition) is 2. The average molecular weight is 210 g/mol. The average Bonchev–Trinajstić information content (AvgIpc) is 2.55. The van der Waals surface area contributed by atoms with Crippen molar-refractivity contribution in [1.82, 2.24) is 15.1 Å². The maximum Gasteiger partial charge on any atom is 0.257 e. The van der Waals surface area contributed by atoms with Crippen LogP contribution in [-0.2, 0) is 0 Å². The third-order valence-electron chi connectivity index (χ3n) is 2.66. The fourth-order valence-electron chi connectivity index (χ4n) is 1.40. The molecule has 5 nitrogen and oxygen atoms in total. The molecule has 1 aromatic rings. The lowest BCUT2D eigenvalue weighted by Gasteiger charge is -2.23. The number of rotatable bonds is 3. The van der Waals surface area contributed by atoms with E-state index in [4.69, 9.17) is 5.73 Å². The van der Waals surface area contributed by atoms with Crippen molar-refractivity contribution >= 4 is 5.91 Å². The molecule has 0 fully saturated rings. The molecule has 15 heavy (non-hydrogen) atoms. The van der Waals surface area contributed by atoms with Crippen LogP contribution in [0.1, 0.15) is 28.7 Å². The Bertz CT molecular complexity index is 339. The first-order valence-corrected chi connectivity index (χ1v) is 4.97. The third kappa shape index (κ3) is 2.18. The van der Waals surface area contributed by atoms with Gasteiger partial charge in [-0.15, -0.1) is 0 Å². The van der Waals surface area contributed by atoms with Gasteiger partial charge in [-0.3, -0.25) is 9.89 Å². The summed E-state index contributed by atoms with van der Waals surface area (Å²) in [5, 5.41) is 6.80. The van der Waals surface area contributed by atoms with Crippen LogP contribution >= 0.6 is 0 Å². The largest absolute Gasteiger partial charge is 0.338 e. The number of aromatic nitrogens is 2. The van der Waals surface area contributed by atoms with Crippen LogP contribution in [0, 0.1) is 13.8 Å². The summed E-state index contributed by atoms with van der Waals surface area (Å²) < 4.78 is 0. The summed E-state index contributed by atoms with van der Waals surface area (Å²) >= 11 is 0. The highest BCUT2D eigenvalue weighted by atomic mass is 16.2. The van der Waals surface area contributed by atoms with Gasteiger partial charge in [0.1, 0.15) is 0 Å². The second-order valence-corrected chi connectivity index (χ2v) is 3.81. The van der Waals surface area contributed by atoms with Gasteiger partial charge in [0.25, 0.3) is 5.91 Å². The van der Waals surface area contributed by atoms with E-state index in [0.29, 0.717) is 12.1 Å². The molecular weight excluding hydrogens is 192 g/mol. The molecule has 0 radical (unpaired) electrons. The molecule has 0 aromatic carbocycles. The Kier molecular flexibility index (Phi) is 3.47. The summed E-state index contributed by atoms with van der Waals surface area (Å²) in [6, 6.07) is 0.0335. The number of H-pyrrole nitrogens is 1. The molecule has 1 rings (SSSR count). The molecule has 1 unspecified atom stereocenters. The van der Waals surface area contributed by atoms with E-state index in [9.17, 15) is 4.79 Å². The lowest BCUT2D eigenvalue weighted by atomic mass is 10.1. The van der Waals surface area contributed by atoms with Gasteiger partial charge in [0.15, 0.2) is 0 Å². The Morgan fingerprint density at radius 2 is 2.20 bits per heavy atom. The molecule has 0 aliphatic carbocycles. The summed E-state index contributed by atoms with van der Waals surface area (Å²) in [7, 11) is 1.76. The molecule has 1 amide bonds. The monoisotopic (exact) mass is 210 g/mol. The van der Waals surface area contributed by atoms with Gasteiger partial charge in [-0.05, 0) is 20.8 Å². The molecule has 84 valence electrons. The SMILES string of the molecule is Cc1n[nH]c(C)c1C(=O)N(C)C(C)CN. The fraction of sp³-hybridized carbons (Fsp3) is 0.600. The first kappa shape index (κ1) is 11.7. The van der Waals surface area contributed by atoms with Crippen LogP contribution in [0.2, 0.25) is 0 Å². The van der Waals surface area contributed by atoms with Gasteiger partial charge >= 0.3 is 0 Å². The van der Waals surface area contributed by atoms with Crippen LogP contribution in [0.3, 0.4) is 0 Å². The van der Waals surface area contributed by atoms with Crippen LogP contribution in [0.15, 0.2) is 0 Å². The van der Waals surface area contributed by atoms with E-state index in [2.05, 4.69) is 10.2 Å². The Hall–Kier alpha value is -1.36. The van der Waals surface area contributed by atoms with Crippen molar-refractivity contribution in [2.24, 2.45) is 5.73 Å². The predicted octanol–water partition coefficient (Wildman–Crippen LogP) is 0.446. The number of aryl methyl sites for hydroxylation is 2. The Morgan fingerprint density at radius 3 is 2.60 bits per heavy atom.